The minimum atomic E-state index is -3.47. The number of para-hydroxylation sites is 1. The molecular formula is C14H15FN2O4S. The molecule has 0 fully saturated rings. The first-order chi connectivity index (χ1) is 10.3. The molecule has 22 heavy (non-hydrogen) atoms. The van der Waals surface area contributed by atoms with Gasteiger partial charge in [-0.25, -0.2) is 12.8 Å². The van der Waals surface area contributed by atoms with Crippen LogP contribution in [0, 0.1) is 5.82 Å². The van der Waals surface area contributed by atoms with Gasteiger partial charge in [0.05, 0.1) is 24.7 Å². The number of benzene rings is 2. The third kappa shape index (κ3) is 3.79. The molecule has 0 saturated heterocycles. The van der Waals surface area contributed by atoms with E-state index in [2.05, 4.69) is 4.72 Å². The van der Waals surface area contributed by atoms with Crippen LogP contribution >= 0.6 is 0 Å². The fraction of sp³-hybridized carbons (Fsp3) is 0.143. The lowest BCUT2D eigenvalue weighted by molar-refractivity contribution is 0.381. The summed E-state index contributed by atoms with van der Waals surface area (Å²) in [5.74, 6) is 0.187. The quantitative estimate of drug-likeness (QED) is 0.824. The average molecular weight is 326 g/mol. The van der Waals surface area contributed by atoms with Gasteiger partial charge in [0.25, 0.3) is 0 Å². The van der Waals surface area contributed by atoms with Gasteiger partial charge in [-0.05, 0) is 24.3 Å². The van der Waals surface area contributed by atoms with E-state index in [0.29, 0.717) is 0 Å². The predicted molar refractivity (Wildman–Crippen MR) is 82.3 cm³/mol. The fourth-order valence-electron chi connectivity index (χ4n) is 1.82. The van der Waals surface area contributed by atoms with Crippen molar-refractivity contribution in [1.82, 2.24) is 0 Å². The molecule has 2 aromatic carbocycles. The number of ether oxygens (including phenoxy) is 2. The van der Waals surface area contributed by atoms with Crippen LogP contribution in [0.25, 0.3) is 0 Å². The van der Waals surface area contributed by atoms with Crippen molar-refractivity contribution >= 4 is 21.4 Å². The number of hydrogen-bond acceptors (Lipinski definition) is 5. The standard InChI is InChI=1S/C14H15FN2O4S/c1-20-14-11(17-22(2,18)19)4-3-5-13(14)21-12-7-6-9(15)8-10(12)16/h3-8,17H,16H2,1-2H3. The van der Waals surface area contributed by atoms with E-state index in [-0.39, 0.29) is 28.6 Å². The Labute approximate surface area is 127 Å². The molecule has 0 bridgehead atoms. The lowest BCUT2D eigenvalue weighted by Crippen LogP contribution is -2.10. The average Bonchev–Trinajstić information content (AvgIpc) is 2.40. The Morgan fingerprint density at radius 2 is 1.91 bits per heavy atom. The Balaban J connectivity index is 2.41. The summed E-state index contributed by atoms with van der Waals surface area (Å²) in [4.78, 5) is 0. The van der Waals surface area contributed by atoms with Gasteiger partial charge in [0.15, 0.2) is 17.2 Å². The van der Waals surface area contributed by atoms with E-state index >= 15 is 0 Å². The van der Waals surface area contributed by atoms with Crippen LogP contribution in [0.1, 0.15) is 0 Å². The molecule has 0 aliphatic rings. The van der Waals surface area contributed by atoms with Crippen LogP contribution in [0.2, 0.25) is 0 Å². The predicted octanol–water partition coefficient (Wildman–Crippen LogP) is 2.58. The number of nitrogens with two attached hydrogens (primary N) is 1. The first kappa shape index (κ1) is 15.9. The van der Waals surface area contributed by atoms with Gasteiger partial charge in [-0.3, -0.25) is 4.72 Å². The molecule has 0 amide bonds. The molecule has 0 heterocycles. The van der Waals surface area contributed by atoms with Gasteiger partial charge in [-0.2, -0.15) is 0 Å². The number of nitrogens with one attached hydrogen (secondary N) is 1. The maximum absolute atomic E-state index is 13.0. The Kier molecular flexibility index (Phi) is 4.41. The van der Waals surface area contributed by atoms with Crippen molar-refractivity contribution in [2.24, 2.45) is 0 Å². The Bertz CT molecular complexity index is 793. The lowest BCUT2D eigenvalue weighted by atomic mass is 10.2. The summed E-state index contributed by atoms with van der Waals surface area (Å²) in [6.07, 6.45) is 1.03. The maximum atomic E-state index is 13.0. The molecule has 2 aromatic rings. The Morgan fingerprint density at radius 3 is 2.50 bits per heavy atom. The zero-order valence-corrected chi connectivity index (χ0v) is 12.8. The highest BCUT2D eigenvalue weighted by atomic mass is 32.2. The zero-order chi connectivity index (χ0) is 16.3. The van der Waals surface area contributed by atoms with Crippen LogP contribution in [-0.4, -0.2) is 21.8 Å². The minimum Gasteiger partial charge on any atom is -0.491 e. The third-order valence-corrected chi connectivity index (χ3v) is 3.26. The van der Waals surface area contributed by atoms with Gasteiger partial charge in [-0.1, -0.05) is 6.07 Å². The SMILES string of the molecule is COc1c(NS(C)(=O)=O)cccc1Oc1ccc(F)cc1N. The van der Waals surface area contributed by atoms with E-state index in [9.17, 15) is 12.8 Å². The minimum absolute atomic E-state index is 0.114. The molecule has 0 radical (unpaired) electrons. The molecule has 0 unspecified atom stereocenters. The summed E-state index contributed by atoms with van der Waals surface area (Å²) >= 11 is 0. The van der Waals surface area contributed by atoms with Crippen molar-refractivity contribution in [2.75, 3.05) is 23.8 Å². The number of anilines is 2. The lowest BCUT2D eigenvalue weighted by Gasteiger charge is -2.15. The largest absolute Gasteiger partial charge is 0.491 e. The van der Waals surface area contributed by atoms with E-state index in [1.807, 2.05) is 0 Å². The molecule has 6 nitrogen and oxygen atoms in total. The number of methoxy groups -OCH3 is 1. The van der Waals surface area contributed by atoms with Crippen LogP contribution < -0.4 is 19.9 Å². The monoisotopic (exact) mass is 326 g/mol. The highest BCUT2D eigenvalue weighted by Gasteiger charge is 2.15. The molecule has 118 valence electrons. The van der Waals surface area contributed by atoms with Crippen LogP contribution in [0.4, 0.5) is 15.8 Å². The fourth-order valence-corrected chi connectivity index (χ4v) is 2.38. The second kappa shape index (κ2) is 6.10. The summed E-state index contributed by atoms with van der Waals surface area (Å²) in [6.45, 7) is 0. The first-order valence-corrected chi connectivity index (χ1v) is 8.07. The normalized spacial score (nSPS) is 11.0. The van der Waals surface area contributed by atoms with Gasteiger partial charge in [-0.15, -0.1) is 0 Å². The smallest absolute Gasteiger partial charge is 0.229 e. The summed E-state index contributed by atoms with van der Waals surface area (Å²) in [5.41, 5.74) is 6.02. The zero-order valence-electron chi connectivity index (χ0n) is 12.0. The summed E-state index contributed by atoms with van der Waals surface area (Å²) < 4.78 is 48.9. The highest BCUT2D eigenvalue weighted by molar-refractivity contribution is 7.92. The topological polar surface area (TPSA) is 90.6 Å². The highest BCUT2D eigenvalue weighted by Crippen LogP contribution is 2.39. The number of nitrogen functional groups attached to an aromatic ring is 1. The number of hydrogen-bond donors (Lipinski definition) is 2. The molecule has 0 aromatic heterocycles. The van der Waals surface area contributed by atoms with Gasteiger partial charge in [0, 0.05) is 6.07 Å². The summed E-state index contributed by atoms with van der Waals surface area (Å²) in [7, 11) is -2.09. The summed E-state index contributed by atoms with van der Waals surface area (Å²) in [5, 5.41) is 0. The summed E-state index contributed by atoms with van der Waals surface area (Å²) in [6, 6.07) is 8.40. The van der Waals surface area contributed by atoms with Crippen molar-refractivity contribution < 1.29 is 22.3 Å². The number of sulfonamides is 1. The molecule has 8 heteroatoms. The molecule has 3 N–H and O–H groups in total. The van der Waals surface area contributed by atoms with Crippen LogP contribution in [0.5, 0.6) is 17.2 Å². The second-order valence-electron chi connectivity index (χ2n) is 4.50. The Morgan fingerprint density at radius 1 is 1.18 bits per heavy atom. The first-order valence-electron chi connectivity index (χ1n) is 6.18. The second-order valence-corrected chi connectivity index (χ2v) is 6.24. The van der Waals surface area contributed by atoms with Gasteiger partial charge >= 0.3 is 0 Å². The molecule has 0 saturated carbocycles. The van der Waals surface area contributed by atoms with Crippen LogP contribution in [-0.2, 0) is 10.0 Å². The van der Waals surface area contributed by atoms with Crippen molar-refractivity contribution in [2.45, 2.75) is 0 Å². The Hall–Kier alpha value is -2.48. The van der Waals surface area contributed by atoms with Gasteiger partial charge in [0.1, 0.15) is 5.82 Å². The number of halogens is 1. The van der Waals surface area contributed by atoms with Crippen molar-refractivity contribution in [3.63, 3.8) is 0 Å². The third-order valence-electron chi connectivity index (χ3n) is 2.67. The molecular weight excluding hydrogens is 311 g/mol. The number of rotatable bonds is 5. The van der Waals surface area contributed by atoms with Gasteiger partial charge in [0.2, 0.25) is 10.0 Å². The van der Waals surface area contributed by atoms with Crippen LogP contribution in [0.3, 0.4) is 0 Å². The molecule has 0 spiro atoms. The van der Waals surface area contributed by atoms with E-state index in [4.69, 9.17) is 15.2 Å². The van der Waals surface area contributed by atoms with Crippen LogP contribution in [0.15, 0.2) is 36.4 Å². The molecule has 0 atom stereocenters. The van der Waals surface area contributed by atoms with E-state index < -0.39 is 15.8 Å². The van der Waals surface area contributed by atoms with E-state index in [1.165, 1.54) is 25.3 Å². The van der Waals surface area contributed by atoms with Gasteiger partial charge < -0.3 is 15.2 Å². The van der Waals surface area contributed by atoms with E-state index in [1.54, 1.807) is 12.1 Å². The molecule has 0 aliphatic heterocycles. The molecule has 0 aliphatic carbocycles. The van der Waals surface area contributed by atoms with Crippen molar-refractivity contribution in [3.05, 3.63) is 42.2 Å². The van der Waals surface area contributed by atoms with Crippen molar-refractivity contribution in [1.29, 1.82) is 0 Å². The maximum Gasteiger partial charge on any atom is 0.229 e. The van der Waals surface area contributed by atoms with E-state index in [0.717, 1.165) is 12.3 Å². The molecule has 2 rings (SSSR count). The van der Waals surface area contributed by atoms with Crippen molar-refractivity contribution in [3.8, 4) is 17.2 Å².